The van der Waals surface area contributed by atoms with Crippen molar-refractivity contribution < 1.29 is 55.2 Å². The number of carbonyl (C=O) groups excluding carboxylic acids is 2. The Labute approximate surface area is 184 Å². The second-order valence-corrected chi connectivity index (χ2v) is 6.12. The fourth-order valence-corrected chi connectivity index (χ4v) is 2.65. The van der Waals surface area contributed by atoms with Crippen molar-refractivity contribution >= 4 is 12.3 Å². The highest BCUT2D eigenvalue weighted by Crippen LogP contribution is 2.31. The van der Waals surface area contributed by atoms with Crippen LogP contribution in [0.3, 0.4) is 0 Å². The highest BCUT2D eigenvalue weighted by atomic mass is 19.2. The Morgan fingerprint density at radius 1 is 0.909 bits per heavy atom. The molecule has 0 aliphatic carbocycles. The lowest BCUT2D eigenvalue weighted by molar-refractivity contribution is -0.140. The van der Waals surface area contributed by atoms with E-state index in [0.717, 1.165) is 7.11 Å². The molecule has 0 fully saturated rings. The largest absolute Gasteiger partial charge is 0.465 e. The Balaban J connectivity index is 2.42. The number of halogens is 5. The second kappa shape index (κ2) is 11.6. The molecular weight excluding hydrogens is 459 g/mol. The third kappa shape index (κ3) is 5.76. The van der Waals surface area contributed by atoms with E-state index in [-0.39, 0.29) is 36.4 Å². The molecule has 1 unspecified atom stereocenters. The van der Waals surface area contributed by atoms with Crippen molar-refractivity contribution in [1.29, 1.82) is 0 Å². The average Bonchev–Trinajstić information content (AvgIpc) is 2.82. The molecule has 180 valence electrons. The van der Waals surface area contributed by atoms with Crippen LogP contribution in [-0.4, -0.2) is 38.9 Å². The summed E-state index contributed by atoms with van der Waals surface area (Å²) in [5, 5.41) is 0. The van der Waals surface area contributed by atoms with E-state index in [1.807, 2.05) is 0 Å². The minimum atomic E-state index is -2.39. The number of hydrogen-bond acceptors (Lipinski definition) is 7. The maximum atomic E-state index is 13.9. The van der Waals surface area contributed by atoms with Crippen molar-refractivity contribution in [3.8, 4) is 11.5 Å². The van der Waals surface area contributed by atoms with E-state index in [1.54, 1.807) is 13.8 Å². The molecule has 0 aliphatic heterocycles. The minimum absolute atomic E-state index is 0.0279. The summed E-state index contributed by atoms with van der Waals surface area (Å²) >= 11 is 0. The normalized spacial score (nSPS) is 11.9. The fraction of sp³-hybridized carbons (Fsp3) is 0.333. The lowest BCUT2D eigenvalue weighted by Gasteiger charge is -2.21. The summed E-state index contributed by atoms with van der Waals surface area (Å²) in [7, 11) is 1.15. The molecule has 1 atom stereocenters. The smallest absolute Gasteiger partial charge is 0.338 e. The van der Waals surface area contributed by atoms with E-state index < -0.39 is 53.4 Å². The molecule has 2 aromatic rings. The molecule has 0 radical (unpaired) electrons. The van der Waals surface area contributed by atoms with Crippen molar-refractivity contribution in [3.05, 3.63) is 58.4 Å². The highest BCUT2D eigenvalue weighted by Gasteiger charge is 2.30. The van der Waals surface area contributed by atoms with Crippen molar-refractivity contribution in [3.63, 3.8) is 0 Å². The minimum Gasteiger partial charge on any atom is -0.465 e. The van der Waals surface area contributed by atoms with Crippen molar-refractivity contribution in [2.45, 2.75) is 26.4 Å². The summed E-state index contributed by atoms with van der Waals surface area (Å²) in [5.74, 6) is -14.1. The Hall–Kier alpha value is -3.25. The molecule has 33 heavy (non-hydrogen) atoms. The van der Waals surface area contributed by atoms with Crippen LogP contribution in [0.5, 0.6) is 11.5 Å². The molecule has 0 heterocycles. The maximum absolute atomic E-state index is 13.9. The molecule has 0 N–H and O–H groups in total. The molecule has 0 aromatic heterocycles. The molecule has 2 rings (SSSR count). The van der Waals surface area contributed by atoms with E-state index in [4.69, 9.17) is 18.9 Å². The number of esters is 1. The summed E-state index contributed by atoms with van der Waals surface area (Å²) in [6.45, 7) is 3.72. The van der Waals surface area contributed by atoms with Crippen LogP contribution in [0.2, 0.25) is 0 Å². The van der Waals surface area contributed by atoms with Crippen LogP contribution >= 0.6 is 0 Å². The van der Waals surface area contributed by atoms with E-state index in [0.29, 0.717) is 0 Å². The van der Waals surface area contributed by atoms with Gasteiger partial charge in [-0.1, -0.05) is 0 Å². The van der Waals surface area contributed by atoms with Gasteiger partial charge in [0.1, 0.15) is 5.75 Å². The van der Waals surface area contributed by atoms with Crippen LogP contribution in [0.15, 0.2) is 18.2 Å². The van der Waals surface area contributed by atoms with Crippen LogP contribution in [0, 0.1) is 29.1 Å². The molecule has 0 saturated carbocycles. The van der Waals surface area contributed by atoms with Crippen LogP contribution < -0.4 is 9.47 Å². The molecule has 0 saturated heterocycles. The third-order valence-electron chi connectivity index (χ3n) is 4.09. The van der Waals surface area contributed by atoms with Gasteiger partial charge in [-0.3, -0.25) is 4.79 Å². The van der Waals surface area contributed by atoms with Crippen LogP contribution in [0.1, 0.15) is 36.1 Å². The lowest BCUT2D eigenvalue weighted by atomic mass is 10.1. The lowest BCUT2D eigenvalue weighted by Crippen LogP contribution is -2.27. The topological polar surface area (TPSA) is 80.3 Å². The summed E-state index contributed by atoms with van der Waals surface area (Å²) in [4.78, 5) is 23.4. The summed E-state index contributed by atoms with van der Waals surface area (Å²) in [5.41, 5.74) is 0.156. The van der Waals surface area contributed by atoms with E-state index in [2.05, 4.69) is 4.74 Å². The first-order chi connectivity index (χ1) is 15.7. The molecule has 0 bridgehead atoms. The van der Waals surface area contributed by atoms with Crippen molar-refractivity contribution in [2.75, 3.05) is 20.3 Å². The molecule has 0 aliphatic rings. The number of hydrogen-bond donors (Lipinski definition) is 0. The zero-order valence-electron chi connectivity index (χ0n) is 17.6. The number of benzene rings is 2. The predicted molar refractivity (Wildman–Crippen MR) is 101 cm³/mol. The van der Waals surface area contributed by atoms with Crippen LogP contribution in [-0.2, 0) is 19.0 Å². The molecular formula is C21H19F5O7. The number of aldehydes is 1. The quantitative estimate of drug-likeness (QED) is 0.119. The van der Waals surface area contributed by atoms with Gasteiger partial charge in [0.05, 0.1) is 12.7 Å². The Morgan fingerprint density at radius 2 is 1.45 bits per heavy atom. The Morgan fingerprint density at radius 3 is 1.94 bits per heavy atom. The third-order valence-corrected chi connectivity index (χ3v) is 4.09. The standard InChI is InChI=1S/C21H19F5O7/c1-4-30-21(31-5-2)12-8-10(6-7-11(12)20(28)29-3)32-13(9-27)33-19-17(25)15(23)14(22)16(24)18(19)26/h6-9,13,21H,4-5H2,1-3H3. The average molecular weight is 478 g/mol. The van der Waals surface area contributed by atoms with Gasteiger partial charge in [0.2, 0.25) is 41.1 Å². The number of methoxy groups -OCH3 is 1. The summed E-state index contributed by atoms with van der Waals surface area (Å²) in [6, 6.07) is 3.63. The van der Waals surface area contributed by atoms with Gasteiger partial charge in [-0.2, -0.15) is 8.78 Å². The Kier molecular flexibility index (Phi) is 9.12. The SMILES string of the molecule is CCOC(OCC)c1cc(OC(C=O)Oc2c(F)c(F)c(F)c(F)c2F)ccc1C(=O)OC. The van der Waals surface area contributed by atoms with Gasteiger partial charge in [0.15, 0.2) is 6.29 Å². The Bertz CT molecular complexity index is 980. The number of ether oxygens (including phenoxy) is 5. The number of rotatable bonds is 11. The first kappa shape index (κ1) is 26.0. The summed E-state index contributed by atoms with van der Waals surface area (Å²) < 4.78 is 93.1. The van der Waals surface area contributed by atoms with E-state index in [1.165, 1.54) is 18.2 Å². The highest BCUT2D eigenvalue weighted by molar-refractivity contribution is 5.91. The van der Waals surface area contributed by atoms with Gasteiger partial charge < -0.3 is 23.7 Å². The van der Waals surface area contributed by atoms with E-state index in [9.17, 15) is 31.5 Å². The van der Waals surface area contributed by atoms with E-state index >= 15 is 0 Å². The monoisotopic (exact) mass is 478 g/mol. The van der Waals surface area contributed by atoms with Gasteiger partial charge in [0.25, 0.3) is 6.29 Å². The zero-order chi connectivity index (χ0) is 24.7. The predicted octanol–water partition coefficient (Wildman–Crippen LogP) is 4.22. The first-order valence-electron chi connectivity index (χ1n) is 9.45. The van der Waals surface area contributed by atoms with Gasteiger partial charge in [-0.25, -0.2) is 18.0 Å². The first-order valence-corrected chi connectivity index (χ1v) is 9.45. The van der Waals surface area contributed by atoms with Gasteiger partial charge >= 0.3 is 5.97 Å². The van der Waals surface area contributed by atoms with Gasteiger partial charge in [-0.05, 0) is 32.0 Å². The van der Waals surface area contributed by atoms with Crippen LogP contribution in [0.25, 0.3) is 0 Å². The fourth-order valence-electron chi connectivity index (χ4n) is 2.65. The molecule has 2 aromatic carbocycles. The molecule has 0 amide bonds. The van der Waals surface area contributed by atoms with Crippen molar-refractivity contribution in [1.82, 2.24) is 0 Å². The van der Waals surface area contributed by atoms with Crippen LogP contribution in [0.4, 0.5) is 22.0 Å². The summed E-state index contributed by atoms with van der Waals surface area (Å²) in [6.07, 6.45) is -3.25. The number of carbonyl (C=O) groups is 2. The molecule has 7 nitrogen and oxygen atoms in total. The van der Waals surface area contributed by atoms with Crippen molar-refractivity contribution in [2.24, 2.45) is 0 Å². The van der Waals surface area contributed by atoms with Gasteiger partial charge in [-0.15, -0.1) is 0 Å². The molecule has 0 spiro atoms. The van der Waals surface area contributed by atoms with Gasteiger partial charge in [0, 0.05) is 18.8 Å². The maximum Gasteiger partial charge on any atom is 0.338 e. The second-order valence-electron chi connectivity index (χ2n) is 6.12. The zero-order valence-corrected chi connectivity index (χ0v) is 17.6. The molecule has 12 heteroatoms.